The Morgan fingerprint density at radius 1 is 1.05 bits per heavy atom. The van der Waals surface area contributed by atoms with Gasteiger partial charge in [-0.1, -0.05) is 32.1 Å². The van der Waals surface area contributed by atoms with Crippen molar-refractivity contribution in [2.24, 2.45) is 5.73 Å². The van der Waals surface area contributed by atoms with Gasteiger partial charge < -0.3 is 10.3 Å². The predicted molar refractivity (Wildman–Crippen MR) is 78.0 cm³/mol. The molecule has 1 aliphatic carbocycles. The van der Waals surface area contributed by atoms with Crippen LogP contribution in [0.3, 0.4) is 0 Å². The summed E-state index contributed by atoms with van der Waals surface area (Å²) in [6.07, 6.45) is 9.26. The van der Waals surface area contributed by atoms with E-state index < -0.39 is 0 Å². The van der Waals surface area contributed by atoms with Crippen LogP contribution in [-0.4, -0.2) is 14.8 Å². The van der Waals surface area contributed by atoms with Crippen LogP contribution in [0.25, 0.3) is 0 Å². The lowest BCUT2D eigenvalue weighted by Crippen LogP contribution is -2.28. The molecule has 0 unspecified atom stereocenters. The van der Waals surface area contributed by atoms with Gasteiger partial charge in [0, 0.05) is 11.5 Å². The van der Waals surface area contributed by atoms with E-state index in [9.17, 15) is 0 Å². The second kappa shape index (κ2) is 6.04. The van der Waals surface area contributed by atoms with Crippen molar-refractivity contribution in [1.82, 2.24) is 14.8 Å². The van der Waals surface area contributed by atoms with E-state index in [-0.39, 0.29) is 5.54 Å². The fraction of sp³-hybridized carbons (Fsp3) is 0.867. The Labute approximate surface area is 116 Å². The second-order valence-corrected chi connectivity index (χ2v) is 6.73. The summed E-state index contributed by atoms with van der Waals surface area (Å²) >= 11 is 0. The normalized spacial score (nSPS) is 19.2. The maximum absolute atomic E-state index is 5.82. The molecule has 1 fully saturated rings. The van der Waals surface area contributed by atoms with Crippen LogP contribution in [0.1, 0.15) is 83.3 Å². The minimum absolute atomic E-state index is 0.00982. The first-order chi connectivity index (χ1) is 9.04. The highest BCUT2D eigenvalue weighted by molar-refractivity contribution is 5.06. The van der Waals surface area contributed by atoms with Crippen LogP contribution in [0, 0.1) is 0 Å². The van der Waals surface area contributed by atoms with Crippen molar-refractivity contribution in [3.63, 3.8) is 0 Å². The van der Waals surface area contributed by atoms with E-state index in [0.29, 0.717) is 12.5 Å². The summed E-state index contributed by atoms with van der Waals surface area (Å²) in [6.45, 7) is 7.10. The third kappa shape index (κ3) is 3.35. The van der Waals surface area contributed by atoms with Gasteiger partial charge in [0.2, 0.25) is 0 Å². The molecule has 4 heteroatoms. The van der Waals surface area contributed by atoms with Gasteiger partial charge in [-0.2, -0.15) is 0 Å². The number of hydrogen-bond acceptors (Lipinski definition) is 3. The average Bonchev–Trinajstić information content (AvgIpc) is 2.71. The van der Waals surface area contributed by atoms with E-state index in [1.807, 2.05) is 0 Å². The van der Waals surface area contributed by atoms with Gasteiger partial charge in [0.05, 0.1) is 6.54 Å². The Morgan fingerprint density at radius 2 is 1.63 bits per heavy atom. The minimum Gasteiger partial charge on any atom is -0.324 e. The van der Waals surface area contributed by atoms with Crippen LogP contribution < -0.4 is 5.73 Å². The van der Waals surface area contributed by atoms with E-state index >= 15 is 0 Å². The summed E-state index contributed by atoms with van der Waals surface area (Å²) < 4.78 is 2.28. The lowest BCUT2D eigenvalue weighted by atomic mass is 9.90. The first-order valence-electron chi connectivity index (χ1n) is 7.69. The quantitative estimate of drug-likeness (QED) is 0.891. The molecule has 0 aromatic carbocycles. The summed E-state index contributed by atoms with van der Waals surface area (Å²) in [5.41, 5.74) is 5.83. The smallest absolute Gasteiger partial charge is 0.147 e. The zero-order chi connectivity index (χ0) is 13.9. The van der Waals surface area contributed by atoms with Gasteiger partial charge in [-0.25, -0.2) is 0 Å². The van der Waals surface area contributed by atoms with Crippen molar-refractivity contribution in [3.8, 4) is 0 Å². The molecule has 2 N–H and O–H groups in total. The van der Waals surface area contributed by atoms with Crippen molar-refractivity contribution >= 4 is 0 Å². The highest BCUT2D eigenvalue weighted by Crippen LogP contribution is 2.32. The molecular weight excluding hydrogens is 236 g/mol. The van der Waals surface area contributed by atoms with Gasteiger partial charge >= 0.3 is 0 Å². The predicted octanol–water partition coefficient (Wildman–Crippen LogP) is 3.32. The lowest BCUT2D eigenvalue weighted by molar-refractivity contribution is 0.343. The van der Waals surface area contributed by atoms with Gasteiger partial charge in [-0.15, -0.1) is 10.2 Å². The molecule has 0 saturated heterocycles. The minimum atomic E-state index is 0.00982. The number of nitrogens with two attached hydrogens (primary N) is 1. The molecule has 0 bridgehead atoms. The van der Waals surface area contributed by atoms with Crippen LogP contribution in [-0.2, 0) is 12.1 Å². The number of hydrogen-bond donors (Lipinski definition) is 1. The molecular formula is C15H28N4. The van der Waals surface area contributed by atoms with Crippen LogP contribution >= 0.6 is 0 Å². The Kier molecular flexibility index (Phi) is 4.61. The molecule has 2 rings (SSSR count). The molecule has 0 radical (unpaired) electrons. The molecule has 1 aromatic rings. The fourth-order valence-corrected chi connectivity index (χ4v) is 3.17. The standard InChI is InChI=1S/C15H28N4/c1-15(2,3)19-13(11-16)17-18-14(19)12-9-7-5-4-6-8-10-12/h12H,4-11,16H2,1-3H3. The Hall–Kier alpha value is -0.900. The van der Waals surface area contributed by atoms with E-state index in [0.717, 1.165) is 11.6 Å². The molecule has 0 spiro atoms. The average molecular weight is 264 g/mol. The maximum atomic E-state index is 5.82. The maximum Gasteiger partial charge on any atom is 0.147 e. The van der Waals surface area contributed by atoms with Crippen molar-refractivity contribution < 1.29 is 0 Å². The van der Waals surface area contributed by atoms with Crippen LogP contribution in [0.4, 0.5) is 0 Å². The van der Waals surface area contributed by atoms with Gasteiger partial charge in [0.25, 0.3) is 0 Å². The van der Waals surface area contributed by atoms with E-state index in [4.69, 9.17) is 5.73 Å². The molecule has 1 heterocycles. The van der Waals surface area contributed by atoms with Crippen molar-refractivity contribution in [3.05, 3.63) is 11.6 Å². The molecule has 4 nitrogen and oxygen atoms in total. The van der Waals surface area contributed by atoms with Gasteiger partial charge in [-0.3, -0.25) is 0 Å². The van der Waals surface area contributed by atoms with E-state index in [1.54, 1.807) is 0 Å². The third-order valence-electron chi connectivity index (χ3n) is 4.08. The molecule has 0 atom stereocenters. The Balaban J connectivity index is 2.29. The van der Waals surface area contributed by atoms with Crippen molar-refractivity contribution in [2.45, 2.75) is 83.7 Å². The van der Waals surface area contributed by atoms with Crippen LogP contribution in [0.5, 0.6) is 0 Å². The lowest BCUT2D eigenvalue weighted by Gasteiger charge is -2.28. The molecule has 0 aliphatic heterocycles. The number of aromatic nitrogens is 3. The highest BCUT2D eigenvalue weighted by Gasteiger charge is 2.27. The van der Waals surface area contributed by atoms with Crippen molar-refractivity contribution in [2.75, 3.05) is 0 Å². The fourth-order valence-electron chi connectivity index (χ4n) is 3.17. The monoisotopic (exact) mass is 264 g/mol. The molecule has 19 heavy (non-hydrogen) atoms. The highest BCUT2D eigenvalue weighted by atomic mass is 15.3. The summed E-state index contributed by atoms with van der Waals surface area (Å²) in [5, 5.41) is 8.80. The second-order valence-electron chi connectivity index (χ2n) is 6.73. The third-order valence-corrected chi connectivity index (χ3v) is 4.08. The zero-order valence-electron chi connectivity index (χ0n) is 12.7. The molecule has 1 aliphatic rings. The van der Waals surface area contributed by atoms with Gasteiger partial charge in [-0.05, 0) is 33.6 Å². The first-order valence-corrected chi connectivity index (χ1v) is 7.69. The molecule has 108 valence electrons. The first kappa shape index (κ1) is 14.5. The van der Waals surface area contributed by atoms with Gasteiger partial charge in [0.1, 0.15) is 11.6 Å². The SMILES string of the molecule is CC(C)(C)n1c(CN)nnc1C1CCCCCCC1. The van der Waals surface area contributed by atoms with E-state index in [1.165, 1.54) is 44.9 Å². The molecule has 1 aromatic heterocycles. The van der Waals surface area contributed by atoms with Crippen LogP contribution in [0.15, 0.2) is 0 Å². The van der Waals surface area contributed by atoms with Gasteiger partial charge in [0.15, 0.2) is 0 Å². The summed E-state index contributed by atoms with van der Waals surface area (Å²) in [5.74, 6) is 2.65. The zero-order valence-corrected chi connectivity index (χ0v) is 12.7. The van der Waals surface area contributed by atoms with Crippen molar-refractivity contribution in [1.29, 1.82) is 0 Å². The number of rotatable bonds is 2. The topological polar surface area (TPSA) is 56.7 Å². The number of nitrogens with zero attached hydrogens (tertiary/aromatic N) is 3. The van der Waals surface area contributed by atoms with E-state index in [2.05, 4.69) is 35.5 Å². The molecule has 1 saturated carbocycles. The summed E-state index contributed by atoms with van der Waals surface area (Å²) in [7, 11) is 0. The Morgan fingerprint density at radius 3 is 2.16 bits per heavy atom. The largest absolute Gasteiger partial charge is 0.324 e. The summed E-state index contributed by atoms with van der Waals surface area (Å²) in [6, 6.07) is 0. The summed E-state index contributed by atoms with van der Waals surface area (Å²) in [4.78, 5) is 0. The Bertz CT molecular complexity index is 395. The molecule has 0 amide bonds. The van der Waals surface area contributed by atoms with Crippen LogP contribution in [0.2, 0.25) is 0 Å².